The SMILES string of the molecule is CCCCCCCCCCC(Cc1ccc(C(CCCCCCCCCC)c2ccc(N)cc2)cc1)c1ccc(C(CCCCCCCCCC)c2ccc(N)cc2)cc1. The predicted octanol–water partition coefficient (Wildman–Crippen LogP) is 18.0. The van der Waals surface area contributed by atoms with Crippen molar-refractivity contribution < 1.29 is 0 Å². The van der Waals surface area contributed by atoms with Crippen LogP contribution in [0.4, 0.5) is 11.4 Å². The Labute approximate surface area is 370 Å². The first kappa shape index (κ1) is 49.1. The molecule has 0 heterocycles. The topological polar surface area (TPSA) is 52.0 Å². The van der Waals surface area contributed by atoms with E-state index in [1.807, 2.05) is 0 Å². The molecule has 0 spiro atoms. The van der Waals surface area contributed by atoms with Crippen molar-refractivity contribution in [3.05, 3.63) is 130 Å². The van der Waals surface area contributed by atoms with E-state index < -0.39 is 0 Å². The van der Waals surface area contributed by atoms with Crippen molar-refractivity contribution in [1.29, 1.82) is 0 Å². The van der Waals surface area contributed by atoms with Crippen LogP contribution in [0.15, 0.2) is 97.1 Å². The molecular formula is C58H88N2. The summed E-state index contributed by atoms with van der Waals surface area (Å²) in [4.78, 5) is 0. The van der Waals surface area contributed by atoms with E-state index in [0.717, 1.165) is 17.8 Å². The molecule has 0 aliphatic rings. The molecule has 2 nitrogen and oxygen atoms in total. The lowest BCUT2D eigenvalue weighted by molar-refractivity contribution is 0.527. The molecule has 0 fully saturated rings. The fraction of sp³-hybridized carbons (Fsp3) is 0.586. The van der Waals surface area contributed by atoms with Crippen LogP contribution in [0.2, 0.25) is 0 Å². The molecule has 4 rings (SSSR count). The summed E-state index contributed by atoms with van der Waals surface area (Å²) in [6.45, 7) is 6.92. The molecular weight excluding hydrogens is 725 g/mol. The smallest absolute Gasteiger partial charge is 0.0314 e. The van der Waals surface area contributed by atoms with Gasteiger partial charge in [0.15, 0.2) is 0 Å². The maximum atomic E-state index is 6.15. The second-order valence-corrected chi connectivity index (χ2v) is 18.5. The Kier molecular flexibility index (Phi) is 25.0. The van der Waals surface area contributed by atoms with E-state index in [-0.39, 0.29) is 0 Å². The zero-order valence-electron chi connectivity index (χ0n) is 38.9. The minimum Gasteiger partial charge on any atom is -0.399 e. The van der Waals surface area contributed by atoms with Gasteiger partial charge in [-0.15, -0.1) is 0 Å². The van der Waals surface area contributed by atoms with E-state index in [0.29, 0.717) is 17.8 Å². The summed E-state index contributed by atoms with van der Waals surface area (Å²) in [6, 6.07) is 37.1. The van der Waals surface area contributed by atoms with Crippen LogP contribution >= 0.6 is 0 Å². The molecule has 3 atom stereocenters. The Morgan fingerprint density at radius 2 is 0.567 bits per heavy atom. The van der Waals surface area contributed by atoms with E-state index in [9.17, 15) is 0 Å². The number of nitrogen functional groups attached to an aromatic ring is 2. The highest BCUT2D eigenvalue weighted by atomic mass is 14.5. The van der Waals surface area contributed by atoms with E-state index in [1.165, 1.54) is 207 Å². The van der Waals surface area contributed by atoms with E-state index in [4.69, 9.17) is 11.5 Å². The minimum atomic E-state index is 0.415. The summed E-state index contributed by atoms with van der Waals surface area (Å²) in [5, 5.41) is 0. The van der Waals surface area contributed by atoms with Gasteiger partial charge in [0.25, 0.3) is 0 Å². The van der Waals surface area contributed by atoms with Gasteiger partial charge >= 0.3 is 0 Å². The van der Waals surface area contributed by atoms with E-state index >= 15 is 0 Å². The molecule has 3 unspecified atom stereocenters. The number of unbranched alkanes of at least 4 members (excludes halogenated alkanes) is 21. The summed E-state index contributed by atoms with van der Waals surface area (Å²) in [5.74, 6) is 1.36. The van der Waals surface area contributed by atoms with Crippen LogP contribution in [0.25, 0.3) is 0 Å². The van der Waals surface area contributed by atoms with Gasteiger partial charge in [0.05, 0.1) is 0 Å². The van der Waals surface area contributed by atoms with Crippen molar-refractivity contribution in [1.82, 2.24) is 0 Å². The summed E-state index contributed by atoms with van der Waals surface area (Å²) in [7, 11) is 0. The Morgan fingerprint density at radius 3 is 0.917 bits per heavy atom. The number of anilines is 2. The van der Waals surface area contributed by atoms with Gasteiger partial charge in [-0.3, -0.25) is 0 Å². The first-order valence-corrected chi connectivity index (χ1v) is 25.4. The zero-order valence-corrected chi connectivity index (χ0v) is 38.9. The molecule has 4 aromatic rings. The van der Waals surface area contributed by atoms with Crippen molar-refractivity contribution >= 4 is 11.4 Å². The van der Waals surface area contributed by atoms with Gasteiger partial charge in [-0.1, -0.05) is 248 Å². The van der Waals surface area contributed by atoms with Gasteiger partial charge in [-0.25, -0.2) is 0 Å². The standard InChI is InChI=1S/C58H88N2/c1-4-7-10-13-16-19-22-25-28-54(49-35-37-51(38-36-49)58(53-41-45-56(60)46-42-53)30-27-24-21-18-15-12-9-6-3)47-48-31-33-50(34-32-48)57(52-39-43-55(59)44-40-52)29-26-23-20-17-14-11-8-5-2/h31-46,54,57-58H,4-30,47,59-60H2,1-3H3. The minimum absolute atomic E-state index is 0.415. The molecule has 0 saturated heterocycles. The van der Waals surface area contributed by atoms with E-state index in [2.05, 4.69) is 118 Å². The maximum Gasteiger partial charge on any atom is 0.0314 e. The highest BCUT2D eigenvalue weighted by Gasteiger charge is 2.19. The second kappa shape index (κ2) is 30.5. The van der Waals surface area contributed by atoms with Gasteiger partial charge < -0.3 is 11.5 Å². The third-order valence-corrected chi connectivity index (χ3v) is 13.5. The van der Waals surface area contributed by atoms with Crippen LogP contribution < -0.4 is 11.5 Å². The molecule has 0 saturated carbocycles. The molecule has 4 aromatic carbocycles. The van der Waals surface area contributed by atoms with Crippen LogP contribution in [0, 0.1) is 0 Å². The molecule has 0 radical (unpaired) electrons. The highest BCUT2D eigenvalue weighted by Crippen LogP contribution is 2.35. The van der Waals surface area contributed by atoms with Crippen LogP contribution in [-0.4, -0.2) is 0 Å². The Hall–Kier alpha value is -3.52. The van der Waals surface area contributed by atoms with Gasteiger partial charge in [-0.2, -0.15) is 0 Å². The van der Waals surface area contributed by atoms with Crippen molar-refractivity contribution in [2.75, 3.05) is 11.5 Å². The predicted molar refractivity (Wildman–Crippen MR) is 266 cm³/mol. The fourth-order valence-electron chi connectivity index (χ4n) is 9.56. The summed E-state index contributed by atoms with van der Waals surface area (Å²) >= 11 is 0. The van der Waals surface area contributed by atoms with Crippen LogP contribution in [0.5, 0.6) is 0 Å². The van der Waals surface area contributed by atoms with Crippen molar-refractivity contribution in [2.45, 2.75) is 218 Å². The molecule has 60 heavy (non-hydrogen) atoms. The number of benzene rings is 4. The first-order valence-electron chi connectivity index (χ1n) is 25.4. The quantitative estimate of drug-likeness (QED) is 0.0365. The fourth-order valence-corrected chi connectivity index (χ4v) is 9.56. The van der Waals surface area contributed by atoms with E-state index in [1.54, 1.807) is 0 Å². The Morgan fingerprint density at radius 1 is 0.300 bits per heavy atom. The summed E-state index contributed by atoms with van der Waals surface area (Å²) in [6.07, 6.45) is 37.3. The van der Waals surface area contributed by atoms with Gasteiger partial charge in [0.1, 0.15) is 0 Å². The zero-order chi connectivity index (χ0) is 42.5. The molecule has 330 valence electrons. The van der Waals surface area contributed by atoms with Crippen molar-refractivity contribution in [2.24, 2.45) is 0 Å². The largest absolute Gasteiger partial charge is 0.399 e. The van der Waals surface area contributed by atoms with Crippen LogP contribution in [-0.2, 0) is 6.42 Å². The monoisotopic (exact) mass is 813 g/mol. The molecule has 2 heteroatoms. The number of hydrogen-bond acceptors (Lipinski definition) is 2. The third-order valence-electron chi connectivity index (χ3n) is 13.5. The lowest BCUT2D eigenvalue weighted by Crippen LogP contribution is -2.07. The summed E-state index contributed by atoms with van der Waals surface area (Å²) in [5.41, 5.74) is 22.6. The average Bonchev–Trinajstić information content (AvgIpc) is 3.27. The Bertz CT molecular complexity index is 1600. The first-order chi connectivity index (χ1) is 29.5. The number of rotatable bonds is 34. The van der Waals surface area contributed by atoms with Crippen molar-refractivity contribution in [3.63, 3.8) is 0 Å². The number of nitrogens with two attached hydrogens (primary N) is 2. The summed E-state index contributed by atoms with van der Waals surface area (Å²) < 4.78 is 0. The highest BCUT2D eigenvalue weighted by molar-refractivity contribution is 5.44. The molecule has 4 N–H and O–H groups in total. The van der Waals surface area contributed by atoms with Gasteiger partial charge in [0, 0.05) is 23.2 Å². The van der Waals surface area contributed by atoms with Gasteiger partial charge in [0.2, 0.25) is 0 Å². The molecule has 0 amide bonds. The maximum absolute atomic E-state index is 6.15. The molecule has 0 bridgehead atoms. The lowest BCUT2D eigenvalue weighted by atomic mass is 9.82. The normalized spacial score (nSPS) is 13.1. The molecule has 0 aromatic heterocycles. The molecule has 0 aliphatic heterocycles. The second-order valence-electron chi connectivity index (χ2n) is 18.5. The average molecular weight is 813 g/mol. The van der Waals surface area contributed by atoms with Crippen LogP contribution in [0.3, 0.4) is 0 Å². The van der Waals surface area contributed by atoms with Crippen LogP contribution in [0.1, 0.15) is 245 Å². The molecule has 0 aliphatic carbocycles. The lowest BCUT2D eigenvalue weighted by Gasteiger charge is -2.22. The Balaban J connectivity index is 1.46. The van der Waals surface area contributed by atoms with Crippen molar-refractivity contribution in [3.8, 4) is 0 Å². The number of hydrogen-bond donors (Lipinski definition) is 2. The van der Waals surface area contributed by atoms with Gasteiger partial charge in [-0.05, 0) is 89.2 Å². The third kappa shape index (κ3) is 19.0.